The van der Waals surface area contributed by atoms with Gasteiger partial charge >= 0.3 is 0 Å². The molecule has 0 saturated heterocycles. The highest BCUT2D eigenvalue weighted by Gasteiger charge is 2.27. The van der Waals surface area contributed by atoms with Crippen LogP contribution in [0.4, 0.5) is 0 Å². The van der Waals surface area contributed by atoms with Crippen molar-refractivity contribution in [2.45, 2.75) is 18.0 Å². The Morgan fingerprint density at radius 2 is 1.79 bits per heavy atom. The van der Waals surface area contributed by atoms with Crippen molar-refractivity contribution in [2.75, 3.05) is 6.54 Å². The summed E-state index contributed by atoms with van der Waals surface area (Å²) in [5.41, 5.74) is 1.02. The molecule has 0 bridgehead atoms. The molecule has 6 heteroatoms. The van der Waals surface area contributed by atoms with Gasteiger partial charge in [-0.25, -0.2) is 8.42 Å². The lowest BCUT2D eigenvalue weighted by atomic mass is 10.3. The number of fused-ring (bicyclic) bond motifs is 1. The van der Waals surface area contributed by atoms with E-state index in [1.54, 1.807) is 24.3 Å². The van der Waals surface area contributed by atoms with Crippen LogP contribution in [0, 0.1) is 0 Å². The van der Waals surface area contributed by atoms with Gasteiger partial charge in [-0.3, -0.25) is 0 Å². The zero-order valence-electron chi connectivity index (χ0n) is 10.2. The van der Waals surface area contributed by atoms with Crippen LogP contribution in [0.1, 0.15) is 5.69 Å². The number of rotatable bonds is 2. The first-order chi connectivity index (χ1) is 9.07. The molecule has 0 fully saturated rings. The van der Waals surface area contributed by atoms with Crippen LogP contribution in [0.15, 0.2) is 47.5 Å². The fourth-order valence-corrected chi connectivity index (χ4v) is 3.78. The molecule has 2 aromatic rings. The second-order valence-electron chi connectivity index (χ2n) is 4.49. The maximum atomic E-state index is 12.5. The predicted molar refractivity (Wildman–Crippen MR) is 73.5 cm³/mol. The third-order valence-electron chi connectivity index (χ3n) is 3.30. The van der Waals surface area contributed by atoms with E-state index < -0.39 is 10.0 Å². The molecule has 1 aromatic heterocycles. The predicted octanol–water partition coefficient (Wildman–Crippen LogP) is 2.35. The van der Waals surface area contributed by atoms with Crippen LogP contribution in [0.2, 0.25) is 5.02 Å². The Hall–Kier alpha value is -1.30. The van der Waals surface area contributed by atoms with Crippen molar-refractivity contribution in [1.82, 2.24) is 8.87 Å². The molecule has 2 heterocycles. The first-order valence-electron chi connectivity index (χ1n) is 5.97. The highest BCUT2D eigenvalue weighted by molar-refractivity contribution is 7.89. The zero-order valence-corrected chi connectivity index (χ0v) is 11.7. The van der Waals surface area contributed by atoms with Crippen LogP contribution >= 0.6 is 11.6 Å². The smallest absolute Gasteiger partial charge is 0.243 e. The minimum absolute atomic E-state index is 0.289. The van der Waals surface area contributed by atoms with E-state index in [2.05, 4.69) is 4.57 Å². The molecule has 0 unspecified atom stereocenters. The quantitative estimate of drug-likeness (QED) is 0.854. The molecule has 0 radical (unpaired) electrons. The Bertz CT molecular complexity index is 692. The van der Waals surface area contributed by atoms with Gasteiger partial charge in [0.25, 0.3) is 0 Å². The largest absolute Gasteiger partial charge is 0.349 e. The second kappa shape index (κ2) is 4.67. The molecule has 0 spiro atoms. The van der Waals surface area contributed by atoms with Gasteiger partial charge < -0.3 is 4.57 Å². The minimum atomic E-state index is -3.44. The maximum Gasteiger partial charge on any atom is 0.243 e. The van der Waals surface area contributed by atoms with Crippen LogP contribution in [0.25, 0.3) is 0 Å². The van der Waals surface area contributed by atoms with Gasteiger partial charge in [0.05, 0.1) is 11.4 Å². The van der Waals surface area contributed by atoms with Crippen LogP contribution in [-0.2, 0) is 23.1 Å². The summed E-state index contributed by atoms with van der Waals surface area (Å²) in [4.78, 5) is 0.289. The molecule has 1 aromatic carbocycles. The van der Waals surface area contributed by atoms with E-state index in [9.17, 15) is 8.42 Å². The Morgan fingerprint density at radius 3 is 2.53 bits per heavy atom. The minimum Gasteiger partial charge on any atom is -0.349 e. The first-order valence-corrected chi connectivity index (χ1v) is 7.79. The van der Waals surface area contributed by atoms with Gasteiger partial charge in [-0.05, 0) is 36.4 Å². The zero-order chi connectivity index (χ0) is 13.5. The van der Waals surface area contributed by atoms with Crippen molar-refractivity contribution in [3.8, 4) is 0 Å². The van der Waals surface area contributed by atoms with Crippen LogP contribution < -0.4 is 0 Å². The molecular formula is C13H13ClN2O2S. The van der Waals surface area contributed by atoms with Gasteiger partial charge in [-0.1, -0.05) is 11.6 Å². The highest BCUT2D eigenvalue weighted by atomic mass is 35.5. The molecule has 4 nitrogen and oxygen atoms in total. The third kappa shape index (κ3) is 2.29. The first kappa shape index (κ1) is 12.7. The number of hydrogen-bond acceptors (Lipinski definition) is 2. The van der Waals surface area contributed by atoms with Crippen LogP contribution in [0.5, 0.6) is 0 Å². The summed E-state index contributed by atoms with van der Waals surface area (Å²) in [5, 5.41) is 0.534. The van der Waals surface area contributed by atoms with Gasteiger partial charge in [0, 0.05) is 30.0 Å². The van der Waals surface area contributed by atoms with Crippen LogP contribution in [-0.4, -0.2) is 23.8 Å². The van der Waals surface area contributed by atoms with E-state index >= 15 is 0 Å². The van der Waals surface area contributed by atoms with Gasteiger partial charge in [-0.15, -0.1) is 0 Å². The number of hydrogen-bond donors (Lipinski definition) is 0. The molecule has 1 aliphatic rings. The normalized spacial score (nSPS) is 16.3. The van der Waals surface area contributed by atoms with Gasteiger partial charge in [0.1, 0.15) is 0 Å². The van der Waals surface area contributed by atoms with Crippen molar-refractivity contribution in [3.05, 3.63) is 53.3 Å². The Labute approximate surface area is 117 Å². The van der Waals surface area contributed by atoms with Crippen molar-refractivity contribution in [3.63, 3.8) is 0 Å². The summed E-state index contributed by atoms with van der Waals surface area (Å²) < 4.78 is 28.6. The van der Waals surface area contributed by atoms with E-state index in [1.807, 2.05) is 18.3 Å². The number of aromatic nitrogens is 1. The summed E-state index contributed by atoms with van der Waals surface area (Å²) in [7, 11) is -3.44. The Balaban J connectivity index is 1.92. The fourth-order valence-electron chi connectivity index (χ4n) is 2.25. The molecule has 100 valence electrons. The van der Waals surface area contributed by atoms with Gasteiger partial charge in [-0.2, -0.15) is 4.31 Å². The van der Waals surface area contributed by atoms with Gasteiger partial charge in [0.2, 0.25) is 10.0 Å². The van der Waals surface area contributed by atoms with Crippen LogP contribution in [0.3, 0.4) is 0 Å². The van der Waals surface area contributed by atoms with Crippen molar-refractivity contribution < 1.29 is 8.42 Å². The van der Waals surface area contributed by atoms with E-state index in [0.717, 1.165) is 5.69 Å². The second-order valence-corrected chi connectivity index (χ2v) is 6.86. The van der Waals surface area contributed by atoms with E-state index in [0.29, 0.717) is 24.7 Å². The molecule has 0 atom stereocenters. The standard InChI is InChI=1S/C13H13ClN2O2S/c14-11-3-5-13(6-4-11)19(17,18)16-9-8-15-7-1-2-12(15)10-16/h1-7H,8-10H2. The van der Waals surface area contributed by atoms with E-state index in [4.69, 9.17) is 11.6 Å². The highest BCUT2D eigenvalue weighted by Crippen LogP contribution is 2.23. The molecule has 0 aliphatic carbocycles. The SMILES string of the molecule is O=S(=O)(c1ccc(Cl)cc1)N1CCn2cccc2C1. The van der Waals surface area contributed by atoms with Crippen molar-refractivity contribution >= 4 is 21.6 Å². The lowest BCUT2D eigenvalue weighted by Gasteiger charge is -2.27. The number of nitrogens with zero attached hydrogens (tertiary/aromatic N) is 2. The molecule has 19 heavy (non-hydrogen) atoms. The number of halogens is 1. The van der Waals surface area contributed by atoms with E-state index in [1.165, 1.54) is 4.31 Å². The van der Waals surface area contributed by atoms with Crippen molar-refractivity contribution in [2.24, 2.45) is 0 Å². The Kier molecular flexibility index (Phi) is 3.12. The fraction of sp³-hybridized carbons (Fsp3) is 0.231. The summed E-state index contributed by atoms with van der Waals surface area (Å²) in [6.07, 6.45) is 1.97. The lowest BCUT2D eigenvalue weighted by molar-refractivity contribution is 0.341. The number of benzene rings is 1. The molecule has 1 aliphatic heterocycles. The summed E-state index contributed by atoms with van der Waals surface area (Å²) in [6, 6.07) is 10.2. The average molecular weight is 297 g/mol. The topological polar surface area (TPSA) is 42.3 Å². The summed E-state index contributed by atoms with van der Waals surface area (Å²) in [5.74, 6) is 0. The summed E-state index contributed by atoms with van der Waals surface area (Å²) >= 11 is 5.79. The molecular weight excluding hydrogens is 284 g/mol. The summed E-state index contributed by atoms with van der Waals surface area (Å²) in [6.45, 7) is 1.60. The average Bonchev–Trinajstić information content (AvgIpc) is 2.86. The third-order valence-corrected chi connectivity index (χ3v) is 5.41. The molecule has 0 N–H and O–H groups in total. The van der Waals surface area contributed by atoms with Crippen molar-refractivity contribution in [1.29, 1.82) is 0 Å². The maximum absolute atomic E-state index is 12.5. The molecule has 3 rings (SSSR count). The van der Waals surface area contributed by atoms with E-state index in [-0.39, 0.29) is 4.90 Å². The monoisotopic (exact) mass is 296 g/mol. The van der Waals surface area contributed by atoms with Gasteiger partial charge in [0.15, 0.2) is 0 Å². The number of sulfonamides is 1. The lowest BCUT2D eigenvalue weighted by Crippen LogP contribution is -2.37. The Morgan fingerprint density at radius 1 is 1.05 bits per heavy atom. The molecule has 0 amide bonds. The molecule has 0 saturated carbocycles.